The van der Waals surface area contributed by atoms with Crippen LogP contribution in [0.5, 0.6) is 11.5 Å². The molecule has 0 saturated heterocycles. The lowest BCUT2D eigenvalue weighted by Gasteiger charge is -2.07. The molecule has 30 heavy (non-hydrogen) atoms. The topological polar surface area (TPSA) is 113 Å². The van der Waals surface area contributed by atoms with Crippen LogP contribution in [0.2, 0.25) is 0 Å². The summed E-state index contributed by atoms with van der Waals surface area (Å²) in [7, 11) is 3.05. The van der Waals surface area contributed by atoms with Gasteiger partial charge in [0.1, 0.15) is 11.5 Å². The number of ether oxygens (including phenoxy) is 3. The Morgan fingerprint density at radius 3 is 2.60 bits per heavy atom. The van der Waals surface area contributed by atoms with Gasteiger partial charge in [-0.05, 0) is 30.3 Å². The van der Waals surface area contributed by atoms with Crippen molar-refractivity contribution >= 4 is 24.0 Å². The molecular weight excluding hydrogens is 390 g/mol. The van der Waals surface area contributed by atoms with Crippen molar-refractivity contribution in [2.75, 3.05) is 26.1 Å². The summed E-state index contributed by atoms with van der Waals surface area (Å²) in [4.78, 5) is 23.8. The molecule has 3 rings (SSSR count). The van der Waals surface area contributed by atoms with Crippen LogP contribution in [-0.4, -0.2) is 42.9 Å². The predicted molar refractivity (Wildman–Crippen MR) is 108 cm³/mol. The van der Waals surface area contributed by atoms with Crippen molar-refractivity contribution in [2.45, 2.75) is 0 Å². The summed E-state index contributed by atoms with van der Waals surface area (Å²) in [5.74, 6) is 0.112. The normalized spacial score (nSPS) is 10.6. The highest BCUT2D eigenvalue weighted by Crippen LogP contribution is 2.25. The third-order valence-electron chi connectivity index (χ3n) is 3.88. The molecule has 9 nitrogen and oxygen atoms in total. The minimum Gasteiger partial charge on any atom is -0.497 e. The summed E-state index contributed by atoms with van der Waals surface area (Å²) in [6, 6.07) is 14.2. The van der Waals surface area contributed by atoms with Gasteiger partial charge in [0.15, 0.2) is 6.61 Å². The average Bonchev–Trinajstić information content (AvgIpc) is 3.25. The molecule has 0 aliphatic heterocycles. The smallest absolute Gasteiger partial charge is 0.331 e. The highest BCUT2D eigenvalue weighted by Gasteiger charge is 2.12. The van der Waals surface area contributed by atoms with Crippen LogP contribution in [0.1, 0.15) is 5.56 Å². The van der Waals surface area contributed by atoms with E-state index >= 15 is 0 Å². The average molecular weight is 409 g/mol. The van der Waals surface area contributed by atoms with Crippen molar-refractivity contribution in [2.24, 2.45) is 0 Å². The second-order valence-electron chi connectivity index (χ2n) is 5.88. The van der Waals surface area contributed by atoms with Crippen LogP contribution in [0.3, 0.4) is 0 Å². The molecule has 0 aliphatic carbocycles. The van der Waals surface area contributed by atoms with Crippen molar-refractivity contribution in [3.05, 3.63) is 60.2 Å². The Bertz CT molecular complexity index is 1050. The van der Waals surface area contributed by atoms with Gasteiger partial charge >= 0.3 is 12.0 Å². The minimum absolute atomic E-state index is 0.0894. The monoisotopic (exact) mass is 409 g/mol. The van der Waals surface area contributed by atoms with Gasteiger partial charge in [-0.25, -0.2) is 4.79 Å². The number of amides is 1. The molecule has 0 atom stereocenters. The molecule has 0 saturated carbocycles. The second kappa shape index (κ2) is 9.87. The van der Waals surface area contributed by atoms with Gasteiger partial charge in [-0.1, -0.05) is 23.3 Å². The van der Waals surface area contributed by atoms with Crippen LogP contribution in [0, 0.1) is 0 Å². The van der Waals surface area contributed by atoms with Gasteiger partial charge in [0, 0.05) is 23.3 Å². The molecule has 1 amide bonds. The summed E-state index contributed by atoms with van der Waals surface area (Å²) in [5, 5.41) is 9.97. The largest absolute Gasteiger partial charge is 0.497 e. The molecule has 0 unspecified atom stereocenters. The number of rotatable bonds is 8. The zero-order chi connectivity index (χ0) is 21.3. The summed E-state index contributed by atoms with van der Waals surface area (Å²) in [5.41, 5.74) is 1.37. The maximum absolute atomic E-state index is 11.9. The number of esters is 1. The van der Waals surface area contributed by atoms with Crippen molar-refractivity contribution in [3.63, 3.8) is 0 Å². The lowest BCUT2D eigenvalue weighted by atomic mass is 10.2. The quantitative estimate of drug-likeness (QED) is 0.446. The Kier molecular flexibility index (Phi) is 6.78. The fraction of sp³-hybridized carbons (Fsp3) is 0.143. The first-order chi connectivity index (χ1) is 14.6. The fourth-order valence-electron chi connectivity index (χ4n) is 2.43. The van der Waals surface area contributed by atoms with E-state index in [0.29, 0.717) is 17.1 Å². The number of anilines is 1. The van der Waals surface area contributed by atoms with Crippen molar-refractivity contribution in [1.29, 1.82) is 0 Å². The highest BCUT2D eigenvalue weighted by molar-refractivity contribution is 5.93. The molecule has 0 aliphatic rings. The first-order valence-electron chi connectivity index (χ1n) is 8.84. The predicted octanol–water partition coefficient (Wildman–Crippen LogP) is 2.95. The third-order valence-corrected chi connectivity index (χ3v) is 3.88. The molecule has 1 aromatic heterocycles. The number of nitrogens with one attached hydrogen (secondary N) is 1. The number of methoxy groups -OCH3 is 2. The summed E-state index contributed by atoms with van der Waals surface area (Å²) < 4.78 is 20.6. The molecule has 154 valence electrons. The Morgan fingerprint density at radius 1 is 1.07 bits per heavy atom. The van der Waals surface area contributed by atoms with E-state index in [1.54, 1.807) is 37.4 Å². The third kappa shape index (κ3) is 5.44. The number of hydrogen-bond donors (Lipinski definition) is 1. The van der Waals surface area contributed by atoms with Crippen molar-refractivity contribution in [3.8, 4) is 23.0 Å². The summed E-state index contributed by atoms with van der Waals surface area (Å²) >= 11 is 0. The standard InChI is InChI=1S/C21H19N3O6/c1-27-16-10-8-14(17(12-16)28-2)9-11-19(26)29-13-18(25)22-21-24-23-20(30-21)15-6-4-3-5-7-15/h3-12H,13H2,1-2H3,(H,22,24,25)/b11-9+. The molecule has 0 fully saturated rings. The first kappa shape index (κ1) is 20.6. The Morgan fingerprint density at radius 2 is 1.87 bits per heavy atom. The first-order valence-corrected chi connectivity index (χ1v) is 8.84. The van der Waals surface area contributed by atoms with Crippen LogP contribution in [0.15, 0.2) is 59.0 Å². The van der Waals surface area contributed by atoms with Gasteiger partial charge in [0.05, 0.1) is 14.2 Å². The molecule has 0 bridgehead atoms. The zero-order valence-corrected chi connectivity index (χ0v) is 16.3. The van der Waals surface area contributed by atoms with Crippen LogP contribution < -0.4 is 14.8 Å². The summed E-state index contributed by atoms with van der Waals surface area (Å²) in [6.07, 6.45) is 2.71. The number of nitrogens with zero attached hydrogens (tertiary/aromatic N) is 2. The molecule has 2 aromatic carbocycles. The zero-order valence-electron chi connectivity index (χ0n) is 16.3. The van der Waals surface area contributed by atoms with Gasteiger partial charge in [-0.2, -0.15) is 0 Å². The SMILES string of the molecule is COc1ccc(/C=C/C(=O)OCC(=O)Nc2nnc(-c3ccccc3)o2)c(OC)c1. The van der Waals surface area contributed by atoms with E-state index in [1.165, 1.54) is 19.3 Å². The van der Waals surface area contributed by atoms with E-state index in [1.807, 2.05) is 18.2 Å². The van der Waals surface area contributed by atoms with E-state index in [4.69, 9.17) is 18.6 Å². The van der Waals surface area contributed by atoms with E-state index in [2.05, 4.69) is 15.5 Å². The molecule has 1 N–H and O–H groups in total. The van der Waals surface area contributed by atoms with Gasteiger partial charge in [0.2, 0.25) is 5.89 Å². The van der Waals surface area contributed by atoms with E-state index in [0.717, 1.165) is 5.56 Å². The van der Waals surface area contributed by atoms with E-state index in [-0.39, 0.29) is 11.9 Å². The Balaban J connectivity index is 1.51. The lowest BCUT2D eigenvalue weighted by Crippen LogP contribution is -2.20. The van der Waals surface area contributed by atoms with Gasteiger partial charge in [-0.15, -0.1) is 5.10 Å². The molecule has 9 heteroatoms. The number of carbonyl (C=O) groups excluding carboxylic acids is 2. The molecule has 1 heterocycles. The van der Waals surface area contributed by atoms with Crippen molar-refractivity contribution < 1.29 is 28.2 Å². The maximum Gasteiger partial charge on any atom is 0.331 e. The van der Waals surface area contributed by atoms with Gasteiger partial charge < -0.3 is 18.6 Å². The van der Waals surface area contributed by atoms with Crippen LogP contribution in [0.25, 0.3) is 17.5 Å². The molecule has 0 radical (unpaired) electrons. The van der Waals surface area contributed by atoms with E-state index in [9.17, 15) is 9.59 Å². The lowest BCUT2D eigenvalue weighted by molar-refractivity contribution is -0.142. The maximum atomic E-state index is 11.9. The molecular formula is C21H19N3O6. The highest BCUT2D eigenvalue weighted by atomic mass is 16.5. The minimum atomic E-state index is -0.696. The van der Waals surface area contributed by atoms with Crippen LogP contribution in [0.4, 0.5) is 6.01 Å². The van der Waals surface area contributed by atoms with Crippen LogP contribution >= 0.6 is 0 Å². The number of aromatic nitrogens is 2. The fourth-order valence-corrected chi connectivity index (χ4v) is 2.43. The Labute approximate surface area is 172 Å². The van der Waals surface area contributed by atoms with Gasteiger partial charge in [-0.3, -0.25) is 10.1 Å². The van der Waals surface area contributed by atoms with E-state index < -0.39 is 18.5 Å². The number of hydrogen-bond acceptors (Lipinski definition) is 8. The Hall–Kier alpha value is -4.14. The van der Waals surface area contributed by atoms with Crippen molar-refractivity contribution in [1.82, 2.24) is 10.2 Å². The molecule has 3 aromatic rings. The second-order valence-corrected chi connectivity index (χ2v) is 5.88. The van der Waals surface area contributed by atoms with Crippen LogP contribution in [-0.2, 0) is 14.3 Å². The van der Waals surface area contributed by atoms with Gasteiger partial charge in [0.25, 0.3) is 5.91 Å². The summed E-state index contributed by atoms with van der Waals surface area (Å²) in [6.45, 7) is -0.508. The number of carbonyl (C=O) groups is 2. The number of benzene rings is 2. The molecule has 0 spiro atoms.